The van der Waals surface area contributed by atoms with Crippen LogP contribution in [0.3, 0.4) is 0 Å². The second-order valence-electron chi connectivity index (χ2n) is 4.02. The number of rotatable bonds is 3. The van der Waals surface area contributed by atoms with Gasteiger partial charge in [-0.1, -0.05) is 6.07 Å². The number of amides is 1. The number of hydrogen-bond acceptors (Lipinski definition) is 4. The molecule has 0 bridgehead atoms. The summed E-state index contributed by atoms with van der Waals surface area (Å²) >= 11 is 0. The lowest BCUT2D eigenvalue weighted by Gasteiger charge is -2.01. The highest BCUT2D eigenvalue weighted by Crippen LogP contribution is 2.16. The molecule has 4 N–H and O–H groups in total. The summed E-state index contributed by atoms with van der Waals surface area (Å²) in [6, 6.07) is 7.22. The molecule has 0 spiro atoms. The summed E-state index contributed by atoms with van der Waals surface area (Å²) in [5.74, 6) is 0.0259. The van der Waals surface area contributed by atoms with E-state index in [4.69, 9.17) is 11.5 Å². The molecular formula is C12H12N6O. The van der Waals surface area contributed by atoms with Gasteiger partial charge in [0.15, 0.2) is 5.82 Å². The maximum absolute atomic E-state index is 11.1. The third-order valence-electron chi connectivity index (χ3n) is 2.86. The van der Waals surface area contributed by atoms with Gasteiger partial charge < -0.3 is 15.9 Å². The van der Waals surface area contributed by atoms with Gasteiger partial charge in [-0.25, -0.2) is 9.67 Å². The first-order valence-corrected chi connectivity index (χ1v) is 5.72. The van der Waals surface area contributed by atoms with Crippen LogP contribution in [0, 0.1) is 0 Å². The zero-order chi connectivity index (χ0) is 13.4. The van der Waals surface area contributed by atoms with E-state index in [9.17, 15) is 4.79 Å². The average molecular weight is 256 g/mol. The van der Waals surface area contributed by atoms with E-state index in [-0.39, 0.29) is 5.69 Å². The third kappa shape index (κ3) is 1.76. The summed E-state index contributed by atoms with van der Waals surface area (Å²) in [7, 11) is 0. The molecule has 0 radical (unpaired) electrons. The van der Waals surface area contributed by atoms with Gasteiger partial charge in [0.1, 0.15) is 11.3 Å². The van der Waals surface area contributed by atoms with Crippen molar-refractivity contribution in [2.75, 3.05) is 0 Å². The molecule has 0 aliphatic rings. The Kier molecular flexibility index (Phi) is 2.53. The van der Waals surface area contributed by atoms with Crippen LogP contribution in [-0.4, -0.2) is 25.1 Å². The second kappa shape index (κ2) is 4.21. The van der Waals surface area contributed by atoms with Crippen LogP contribution in [0.25, 0.3) is 11.5 Å². The molecule has 7 nitrogen and oxygen atoms in total. The van der Waals surface area contributed by atoms with Gasteiger partial charge in [-0.3, -0.25) is 4.79 Å². The van der Waals surface area contributed by atoms with Crippen LogP contribution in [-0.2, 0) is 6.54 Å². The first-order valence-electron chi connectivity index (χ1n) is 5.72. The second-order valence-corrected chi connectivity index (χ2v) is 4.02. The van der Waals surface area contributed by atoms with Gasteiger partial charge in [-0.2, -0.15) is 5.10 Å². The summed E-state index contributed by atoms with van der Waals surface area (Å²) in [4.78, 5) is 15.5. The fraction of sp³-hybridized carbons (Fsp3) is 0.0833. The minimum Gasteiger partial charge on any atom is -0.364 e. The Bertz CT molecular complexity index is 757. The number of aromatic nitrogens is 4. The number of hydrogen-bond donors (Lipinski definition) is 2. The Morgan fingerprint density at radius 2 is 2.11 bits per heavy atom. The van der Waals surface area contributed by atoms with Gasteiger partial charge in [0.05, 0.1) is 5.69 Å². The maximum atomic E-state index is 11.1. The molecule has 0 aliphatic heterocycles. The summed E-state index contributed by atoms with van der Waals surface area (Å²) in [6.45, 7) is 0.312. The van der Waals surface area contributed by atoms with Crippen LogP contribution < -0.4 is 11.5 Å². The summed E-state index contributed by atoms with van der Waals surface area (Å²) in [5.41, 5.74) is 12.7. The van der Waals surface area contributed by atoms with Gasteiger partial charge in [0.2, 0.25) is 0 Å². The monoisotopic (exact) mass is 256 g/mol. The minimum absolute atomic E-state index is 0.194. The highest BCUT2D eigenvalue weighted by atomic mass is 16.1. The fourth-order valence-electron chi connectivity index (χ4n) is 1.98. The number of primary amides is 1. The summed E-state index contributed by atoms with van der Waals surface area (Å²) in [5, 5.41) is 4.09. The van der Waals surface area contributed by atoms with Crippen molar-refractivity contribution in [3.05, 3.63) is 48.0 Å². The largest absolute Gasteiger partial charge is 0.364 e. The minimum atomic E-state index is -0.572. The quantitative estimate of drug-likeness (QED) is 0.692. The molecule has 0 aromatic carbocycles. The molecular weight excluding hydrogens is 244 g/mol. The topological polar surface area (TPSA) is 104 Å². The number of fused-ring (bicyclic) bond motifs is 1. The Morgan fingerprint density at radius 1 is 1.26 bits per heavy atom. The van der Waals surface area contributed by atoms with E-state index in [0.717, 1.165) is 11.3 Å². The Balaban J connectivity index is 2.20. The molecule has 19 heavy (non-hydrogen) atoms. The van der Waals surface area contributed by atoms with Crippen molar-refractivity contribution in [2.24, 2.45) is 11.5 Å². The van der Waals surface area contributed by atoms with Crippen molar-refractivity contribution in [1.29, 1.82) is 0 Å². The average Bonchev–Trinajstić information content (AvgIpc) is 3.02. The number of imidazole rings is 1. The first kappa shape index (κ1) is 11.4. The molecule has 0 aliphatic carbocycles. The maximum Gasteiger partial charge on any atom is 0.269 e. The molecule has 3 heterocycles. The van der Waals surface area contributed by atoms with Gasteiger partial charge in [0.25, 0.3) is 5.91 Å². The highest BCUT2D eigenvalue weighted by molar-refractivity contribution is 5.90. The van der Waals surface area contributed by atoms with Crippen LogP contribution >= 0.6 is 0 Å². The van der Waals surface area contributed by atoms with E-state index >= 15 is 0 Å². The summed E-state index contributed by atoms with van der Waals surface area (Å²) < 4.78 is 3.40. The predicted octanol–water partition coefficient (Wildman–Crippen LogP) is 0.0776. The molecule has 1 amide bonds. The lowest BCUT2D eigenvalue weighted by Crippen LogP contribution is -2.13. The van der Waals surface area contributed by atoms with Crippen molar-refractivity contribution in [1.82, 2.24) is 19.2 Å². The predicted molar refractivity (Wildman–Crippen MR) is 68.7 cm³/mol. The molecule has 0 saturated heterocycles. The zero-order valence-corrected chi connectivity index (χ0v) is 10.0. The number of nitrogens with two attached hydrogens (primary N) is 2. The normalized spacial score (nSPS) is 11.0. The Morgan fingerprint density at radius 3 is 2.79 bits per heavy atom. The molecule has 0 fully saturated rings. The number of carbonyl (C=O) groups is 1. The van der Waals surface area contributed by atoms with Crippen molar-refractivity contribution in [3.63, 3.8) is 0 Å². The van der Waals surface area contributed by atoms with Crippen LogP contribution in [0.15, 0.2) is 36.7 Å². The SMILES string of the molecule is NCc1c(-n2ccc(C(N)=O)n2)nc2ccccn12. The highest BCUT2D eigenvalue weighted by Gasteiger charge is 2.14. The molecule has 96 valence electrons. The van der Waals surface area contributed by atoms with Crippen molar-refractivity contribution in [3.8, 4) is 5.82 Å². The first-order chi connectivity index (χ1) is 9.20. The van der Waals surface area contributed by atoms with Gasteiger partial charge >= 0.3 is 0 Å². The molecule has 3 aromatic heterocycles. The fourth-order valence-corrected chi connectivity index (χ4v) is 1.98. The van der Waals surface area contributed by atoms with Crippen LogP contribution in [0.1, 0.15) is 16.2 Å². The van der Waals surface area contributed by atoms with Crippen LogP contribution in [0.2, 0.25) is 0 Å². The van der Waals surface area contributed by atoms with Gasteiger partial charge in [-0.15, -0.1) is 0 Å². The summed E-state index contributed by atoms with van der Waals surface area (Å²) in [6.07, 6.45) is 3.52. The molecule has 0 atom stereocenters. The lowest BCUT2D eigenvalue weighted by atomic mass is 10.4. The number of pyridine rings is 1. The van der Waals surface area contributed by atoms with Crippen molar-refractivity contribution < 1.29 is 4.79 Å². The Hall–Kier alpha value is -2.67. The van der Waals surface area contributed by atoms with E-state index in [1.165, 1.54) is 4.68 Å². The van der Waals surface area contributed by atoms with Crippen molar-refractivity contribution >= 4 is 11.6 Å². The Labute approximate surface area is 108 Å². The molecule has 7 heteroatoms. The molecule has 3 rings (SSSR count). The lowest BCUT2D eigenvalue weighted by molar-refractivity contribution is 0.0995. The van der Waals surface area contributed by atoms with Crippen molar-refractivity contribution in [2.45, 2.75) is 6.54 Å². The van der Waals surface area contributed by atoms with Crippen LogP contribution in [0.5, 0.6) is 0 Å². The van der Waals surface area contributed by atoms with E-state index < -0.39 is 5.91 Å². The molecule has 0 unspecified atom stereocenters. The number of nitrogens with zero attached hydrogens (tertiary/aromatic N) is 4. The third-order valence-corrected chi connectivity index (χ3v) is 2.86. The molecule has 0 saturated carbocycles. The molecule has 3 aromatic rings. The number of carbonyl (C=O) groups excluding carboxylic acids is 1. The smallest absolute Gasteiger partial charge is 0.269 e. The van der Waals surface area contributed by atoms with E-state index in [2.05, 4.69) is 10.1 Å². The standard InChI is InChI=1S/C12H12N6O/c13-7-9-12(15-10-3-1-2-5-17(9)10)18-6-4-8(16-18)11(14)19/h1-6H,7,13H2,(H2,14,19). The van der Waals surface area contributed by atoms with Gasteiger partial charge in [0, 0.05) is 18.9 Å². The van der Waals surface area contributed by atoms with Crippen LogP contribution in [0.4, 0.5) is 0 Å². The van der Waals surface area contributed by atoms with E-state index in [1.54, 1.807) is 12.3 Å². The van der Waals surface area contributed by atoms with Gasteiger partial charge in [-0.05, 0) is 18.2 Å². The zero-order valence-electron chi connectivity index (χ0n) is 10.0. The van der Waals surface area contributed by atoms with E-state index in [0.29, 0.717) is 12.4 Å². The van der Waals surface area contributed by atoms with E-state index in [1.807, 2.05) is 28.8 Å².